The Morgan fingerprint density at radius 1 is 1.10 bits per heavy atom. The van der Waals surface area contributed by atoms with Crippen molar-refractivity contribution in [1.29, 1.82) is 0 Å². The minimum Gasteiger partial charge on any atom is -0.497 e. The first kappa shape index (κ1) is 15.6. The fraction of sp³-hybridized carbons (Fsp3) is 0.250. The molecule has 1 unspecified atom stereocenters. The van der Waals surface area contributed by atoms with Gasteiger partial charge < -0.3 is 9.47 Å². The number of benzene rings is 2. The second-order valence-corrected chi connectivity index (χ2v) is 5.14. The molecule has 0 aliphatic heterocycles. The first-order valence-corrected chi connectivity index (χ1v) is 6.97. The number of rotatable bonds is 6. The van der Waals surface area contributed by atoms with Crippen LogP contribution >= 0.6 is 11.6 Å². The largest absolute Gasteiger partial charge is 0.497 e. The van der Waals surface area contributed by atoms with E-state index < -0.39 is 0 Å². The molecule has 21 heavy (non-hydrogen) atoms. The lowest BCUT2D eigenvalue weighted by atomic mass is 9.99. The molecule has 0 saturated carbocycles. The summed E-state index contributed by atoms with van der Waals surface area (Å²) in [4.78, 5) is 0. The van der Waals surface area contributed by atoms with Gasteiger partial charge in [0, 0.05) is 11.1 Å². The lowest BCUT2D eigenvalue weighted by Gasteiger charge is -2.18. The Labute approximate surface area is 129 Å². The van der Waals surface area contributed by atoms with E-state index in [1.54, 1.807) is 14.2 Å². The molecule has 2 aromatic rings. The first-order chi connectivity index (χ1) is 10.2. The molecule has 0 heterocycles. The van der Waals surface area contributed by atoms with E-state index in [4.69, 9.17) is 26.9 Å². The van der Waals surface area contributed by atoms with Crippen molar-refractivity contribution in [2.24, 2.45) is 5.84 Å². The Morgan fingerprint density at radius 2 is 1.76 bits per heavy atom. The summed E-state index contributed by atoms with van der Waals surface area (Å²) in [6, 6.07) is 13.4. The molecule has 1 atom stereocenters. The highest BCUT2D eigenvalue weighted by molar-refractivity contribution is 6.30. The molecule has 0 spiro atoms. The van der Waals surface area contributed by atoms with Crippen LogP contribution in [0.25, 0.3) is 0 Å². The number of methoxy groups -OCH3 is 2. The van der Waals surface area contributed by atoms with Crippen molar-refractivity contribution in [1.82, 2.24) is 5.43 Å². The van der Waals surface area contributed by atoms with Gasteiger partial charge in [-0.05, 0) is 41.8 Å². The van der Waals surface area contributed by atoms with Crippen molar-refractivity contribution >= 4 is 11.6 Å². The van der Waals surface area contributed by atoms with E-state index in [9.17, 15) is 0 Å². The maximum Gasteiger partial charge on any atom is 0.122 e. The topological polar surface area (TPSA) is 56.5 Å². The summed E-state index contributed by atoms with van der Waals surface area (Å²) in [6.45, 7) is 0. The number of hydrazine groups is 1. The van der Waals surface area contributed by atoms with Crippen molar-refractivity contribution in [3.63, 3.8) is 0 Å². The third-order valence-electron chi connectivity index (χ3n) is 3.31. The summed E-state index contributed by atoms with van der Waals surface area (Å²) in [7, 11) is 3.25. The lowest BCUT2D eigenvalue weighted by molar-refractivity contribution is 0.391. The van der Waals surface area contributed by atoms with Gasteiger partial charge in [0.1, 0.15) is 11.5 Å². The first-order valence-electron chi connectivity index (χ1n) is 6.59. The van der Waals surface area contributed by atoms with E-state index >= 15 is 0 Å². The zero-order valence-electron chi connectivity index (χ0n) is 12.1. The van der Waals surface area contributed by atoms with Crippen LogP contribution in [0, 0.1) is 0 Å². The van der Waals surface area contributed by atoms with Crippen LogP contribution in [-0.4, -0.2) is 14.2 Å². The Kier molecular flexibility index (Phi) is 5.44. The highest BCUT2D eigenvalue weighted by Gasteiger charge is 2.13. The fourth-order valence-corrected chi connectivity index (χ4v) is 2.42. The molecule has 0 aromatic heterocycles. The number of hydrogen-bond acceptors (Lipinski definition) is 4. The Morgan fingerprint density at radius 3 is 2.29 bits per heavy atom. The minimum atomic E-state index is -0.0625. The highest BCUT2D eigenvalue weighted by atomic mass is 35.5. The smallest absolute Gasteiger partial charge is 0.122 e. The minimum absolute atomic E-state index is 0.0625. The Balaban J connectivity index is 2.28. The van der Waals surface area contributed by atoms with E-state index in [1.807, 2.05) is 42.5 Å². The summed E-state index contributed by atoms with van der Waals surface area (Å²) >= 11 is 6.02. The quantitative estimate of drug-likeness (QED) is 0.636. The van der Waals surface area contributed by atoms with E-state index in [0.29, 0.717) is 11.4 Å². The molecule has 0 saturated heterocycles. The van der Waals surface area contributed by atoms with Gasteiger partial charge in [-0.2, -0.15) is 0 Å². The fourth-order valence-electron chi connectivity index (χ4n) is 2.20. The van der Waals surface area contributed by atoms with E-state index in [2.05, 4.69) is 5.43 Å². The summed E-state index contributed by atoms with van der Waals surface area (Å²) < 4.78 is 10.6. The summed E-state index contributed by atoms with van der Waals surface area (Å²) in [5, 5.41) is 0.714. The van der Waals surface area contributed by atoms with Crippen LogP contribution in [0.15, 0.2) is 42.5 Å². The van der Waals surface area contributed by atoms with Crippen LogP contribution in [0.3, 0.4) is 0 Å². The van der Waals surface area contributed by atoms with Crippen molar-refractivity contribution in [3.05, 3.63) is 58.6 Å². The third-order valence-corrected chi connectivity index (χ3v) is 3.54. The zero-order chi connectivity index (χ0) is 15.2. The molecule has 5 heteroatoms. The molecule has 0 bridgehead atoms. The van der Waals surface area contributed by atoms with Crippen molar-refractivity contribution in [3.8, 4) is 11.5 Å². The van der Waals surface area contributed by atoms with Crippen LogP contribution in [0.5, 0.6) is 11.5 Å². The van der Waals surface area contributed by atoms with Gasteiger partial charge in [0.15, 0.2) is 0 Å². The van der Waals surface area contributed by atoms with Gasteiger partial charge in [-0.25, -0.2) is 0 Å². The van der Waals surface area contributed by atoms with Gasteiger partial charge >= 0.3 is 0 Å². The van der Waals surface area contributed by atoms with Crippen LogP contribution in [0.4, 0.5) is 0 Å². The standard InChI is InChI=1S/C16H19ClN2O2/c1-20-14-8-12(9-15(10-14)21-2)16(19-18)7-11-4-3-5-13(17)6-11/h3-6,8-10,16,19H,7,18H2,1-2H3. The number of hydrogen-bond donors (Lipinski definition) is 2. The normalized spacial score (nSPS) is 12.0. The van der Waals surface area contributed by atoms with Gasteiger partial charge in [0.25, 0.3) is 0 Å². The van der Waals surface area contributed by atoms with Crippen molar-refractivity contribution in [2.45, 2.75) is 12.5 Å². The molecule has 4 nitrogen and oxygen atoms in total. The molecule has 112 valence electrons. The predicted molar refractivity (Wildman–Crippen MR) is 84.8 cm³/mol. The van der Waals surface area contributed by atoms with Gasteiger partial charge in [0.05, 0.1) is 20.3 Å². The second kappa shape index (κ2) is 7.31. The number of halogens is 1. The average Bonchev–Trinajstić information content (AvgIpc) is 2.52. The maximum atomic E-state index is 6.02. The van der Waals surface area contributed by atoms with Crippen LogP contribution in [0.2, 0.25) is 5.02 Å². The van der Waals surface area contributed by atoms with E-state index in [-0.39, 0.29) is 6.04 Å². The average molecular weight is 307 g/mol. The monoisotopic (exact) mass is 306 g/mol. The molecular formula is C16H19ClN2O2. The summed E-state index contributed by atoms with van der Waals surface area (Å²) in [5.74, 6) is 7.17. The van der Waals surface area contributed by atoms with E-state index in [1.165, 1.54) is 0 Å². The van der Waals surface area contributed by atoms with Crippen molar-refractivity contribution in [2.75, 3.05) is 14.2 Å². The Hall–Kier alpha value is -1.75. The Bertz CT molecular complexity index is 582. The zero-order valence-corrected chi connectivity index (χ0v) is 12.9. The third kappa shape index (κ3) is 4.11. The summed E-state index contributed by atoms with van der Waals surface area (Å²) in [5.41, 5.74) is 4.93. The van der Waals surface area contributed by atoms with Gasteiger partial charge in [-0.15, -0.1) is 0 Å². The van der Waals surface area contributed by atoms with E-state index in [0.717, 1.165) is 22.6 Å². The molecule has 0 amide bonds. The van der Waals surface area contributed by atoms with Crippen molar-refractivity contribution < 1.29 is 9.47 Å². The SMILES string of the molecule is COc1cc(OC)cc(C(Cc2cccc(Cl)c2)NN)c1. The predicted octanol–water partition coefficient (Wildman–Crippen LogP) is 3.10. The van der Waals surface area contributed by atoms with Crippen LogP contribution in [0.1, 0.15) is 17.2 Å². The lowest BCUT2D eigenvalue weighted by Crippen LogP contribution is -2.29. The number of nitrogens with two attached hydrogens (primary N) is 1. The molecule has 0 aliphatic rings. The van der Waals surface area contributed by atoms with Gasteiger partial charge in [-0.1, -0.05) is 23.7 Å². The molecular weight excluding hydrogens is 288 g/mol. The molecule has 3 N–H and O–H groups in total. The molecule has 0 radical (unpaired) electrons. The van der Waals surface area contributed by atoms with Crippen LogP contribution < -0.4 is 20.7 Å². The molecule has 0 aliphatic carbocycles. The van der Waals surface area contributed by atoms with Gasteiger partial charge in [-0.3, -0.25) is 11.3 Å². The number of ether oxygens (including phenoxy) is 2. The summed E-state index contributed by atoms with van der Waals surface area (Å²) in [6.07, 6.45) is 0.716. The highest BCUT2D eigenvalue weighted by Crippen LogP contribution is 2.28. The van der Waals surface area contributed by atoms with Gasteiger partial charge in [0.2, 0.25) is 0 Å². The molecule has 0 fully saturated rings. The second-order valence-electron chi connectivity index (χ2n) is 4.70. The molecule has 2 aromatic carbocycles. The molecule has 2 rings (SSSR count). The van der Waals surface area contributed by atoms with Crippen LogP contribution in [-0.2, 0) is 6.42 Å². The number of nitrogens with one attached hydrogen (secondary N) is 1. The maximum absolute atomic E-state index is 6.02.